The van der Waals surface area contributed by atoms with E-state index in [2.05, 4.69) is 15.5 Å². The van der Waals surface area contributed by atoms with Crippen LogP contribution in [0.25, 0.3) is 0 Å². The first kappa shape index (κ1) is 21.7. The minimum absolute atomic E-state index is 0.0733. The number of amides is 2. The molecule has 157 valence electrons. The normalized spacial score (nSPS) is 11.1. The Hall–Kier alpha value is -4.05. The third-order valence-corrected chi connectivity index (χ3v) is 4.77. The molecule has 2 N–H and O–H groups in total. The molecule has 2 aromatic carbocycles. The predicted octanol–water partition coefficient (Wildman–Crippen LogP) is 2.57. The zero-order valence-corrected chi connectivity index (χ0v) is 16.9. The van der Waals surface area contributed by atoms with Crippen LogP contribution in [0.5, 0.6) is 0 Å². The first-order valence-corrected chi connectivity index (χ1v) is 9.87. The van der Waals surface area contributed by atoms with Gasteiger partial charge in [-0.1, -0.05) is 65.8 Å². The number of hydrogen-bond donors (Lipinski definition) is 1. The number of nitrogens with one attached hydrogen (secondary N) is 2. The van der Waals surface area contributed by atoms with Crippen molar-refractivity contribution in [2.24, 2.45) is 5.16 Å². The summed E-state index contributed by atoms with van der Waals surface area (Å²) in [4.78, 5) is 43.3. The van der Waals surface area contributed by atoms with Gasteiger partial charge < -0.3 is 14.9 Å². The molecule has 1 radical (unpaired) electrons. The average molecular weight is 437 g/mol. The Labute approximate surface area is 181 Å². The van der Waals surface area contributed by atoms with Gasteiger partial charge in [-0.2, -0.15) is 0 Å². The second kappa shape index (κ2) is 10.6. The summed E-state index contributed by atoms with van der Waals surface area (Å²) >= 11 is 0.990. The number of carbonyl (C=O) groups excluding carboxylic acids is 3. The molecule has 3 aromatic rings. The van der Waals surface area contributed by atoms with E-state index in [-0.39, 0.29) is 16.5 Å². The van der Waals surface area contributed by atoms with Crippen LogP contribution in [-0.4, -0.2) is 35.6 Å². The third-order valence-electron chi connectivity index (χ3n) is 3.92. The van der Waals surface area contributed by atoms with E-state index >= 15 is 0 Å². The number of carbonyl (C=O) groups is 3. The summed E-state index contributed by atoms with van der Waals surface area (Å²) < 4.78 is 5.58. The highest BCUT2D eigenvalue weighted by Crippen LogP contribution is 2.26. The van der Waals surface area contributed by atoms with E-state index in [9.17, 15) is 14.4 Å². The maximum atomic E-state index is 12.4. The summed E-state index contributed by atoms with van der Waals surface area (Å²) in [5.41, 5.74) is 8.49. The maximum absolute atomic E-state index is 12.4. The van der Waals surface area contributed by atoms with Crippen molar-refractivity contribution in [1.82, 2.24) is 10.7 Å². The van der Waals surface area contributed by atoms with Crippen LogP contribution < -0.4 is 11.1 Å². The summed E-state index contributed by atoms with van der Waals surface area (Å²) in [6.07, 6.45) is -0.212. The largest absolute Gasteiger partial charge is 0.450 e. The lowest BCUT2D eigenvalue weighted by Crippen LogP contribution is -2.19. The summed E-state index contributed by atoms with van der Waals surface area (Å²) in [6.45, 7) is -0.572. The molecule has 0 unspecified atom stereocenters. The lowest BCUT2D eigenvalue weighted by molar-refractivity contribution is -0.153. The first-order chi connectivity index (χ1) is 15.1. The molecule has 9 nitrogen and oxygen atoms in total. The van der Waals surface area contributed by atoms with Gasteiger partial charge >= 0.3 is 5.97 Å². The number of hydrogen-bond acceptors (Lipinski definition) is 8. The topological polar surface area (TPSA) is 131 Å². The molecule has 0 aliphatic rings. The van der Waals surface area contributed by atoms with Gasteiger partial charge in [-0.05, 0) is 11.1 Å². The van der Waals surface area contributed by atoms with Crippen LogP contribution in [-0.2, 0) is 24.0 Å². The SMILES string of the molecule is [NH]C(=O)/C(=N\OCC(=O)OC(c1ccccc1)c1ccccc1)c1nc(NC=O)cs1. The fraction of sp³-hybridized carbons (Fsp3) is 0.0952. The zero-order valence-electron chi connectivity index (χ0n) is 16.1. The number of benzene rings is 2. The van der Waals surface area contributed by atoms with E-state index < -0.39 is 24.6 Å². The molecule has 0 saturated carbocycles. The maximum Gasteiger partial charge on any atom is 0.347 e. The molecular formula is C21H17N4O5S. The van der Waals surface area contributed by atoms with E-state index in [0.717, 1.165) is 22.5 Å². The number of ether oxygens (including phenoxy) is 1. The molecule has 2 amide bonds. The Morgan fingerprint density at radius 1 is 1.10 bits per heavy atom. The van der Waals surface area contributed by atoms with Crippen LogP contribution in [0.15, 0.2) is 71.2 Å². The quantitative estimate of drug-likeness (QED) is 0.224. The zero-order chi connectivity index (χ0) is 22.1. The van der Waals surface area contributed by atoms with Gasteiger partial charge in [0.05, 0.1) is 0 Å². The molecule has 0 bridgehead atoms. The monoisotopic (exact) mass is 437 g/mol. The van der Waals surface area contributed by atoms with Crippen molar-refractivity contribution in [3.05, 3.63) is 82.2 Å². The number of aromatic nitrogens is 1. The summed E-state index contributed by atoms with van der Waals surface area (Å²) in [6, 6.07) is 18.5. The number of oxime groups is 1. The second-order valence-corrected chi connectivity index (χ2v) is 6.89. The number of rotatable bonds is 10. The molecule has 3 rings (SSSR count). The van der Waals surface area contributed by atoms with Crippen molar-refractivity contribution < 1.29 is 24.0 Å². The van der Waals surface area contributed by atoms with Crippen molar-refractivity contribution >= 4 is 41.2 Å². The Balaban J connectivity index is 1.69. The van der Waals surface area contributed by atoms with E-state index in [1.807, 2.05) is 60.7 Å². The molecule has 1 heterocycles. The molecule has 0 aliphatic heterocycles. The Morgan fingerprint density at radius 3 is 2.26 bits per heavy atom. The van der Waals surface area contributed by atoms with Crippen LogP contribution >= 0.6 is 11.3 Å². The van der Waals surface area contributed by atoms with Crippen molar-refractivity contribution in [2.45, 2.75) is 6.10 Å². The van der Waals surface area contributed by atoms with Crippen LogP contribution in [0, 0.1) is 0 Å². The molecule has 0 fully saturated rings. The lowest BCUT2D eigenvalue weighted by atomic mass is 10.0. The predicted molar refractivity (Wildman–Crippen MR) is 113 cm³/mol. The number of nitrogens with zero attached hydrogens (tertiary/aromatic N) is 2. The van der Waals surface area contributed by atoms with Crippen molar-refractivity contribution in [1.29, 1.82) is 0 Å². The number of anilines is 1. The van der Waals surface area contributed by atoms with Crippen LogP contribution in [0.1, 0.15) is 22.2 Å². The Kier molecular flexibility index (Phi) is 7.44. The molecule has 0 aliphatic carbocycles. The Morgan fingerprint density at radius 2 is 1.71 bits per heavy atom. The standard InChI is InChI=1S/C21H17N4O5S/c22-20(28)18(21-24-16(12-31-21)23-13-26)25-29-11-17(27)30-19(14-7-3-1-4-8-14)15-9-5-2-6-10-15/h1-10,12-13,19,22H,11H2,(H,23,26)/b25-18+. The summed E-state index contributed by atoms with van der Waals surface area (Å²) in [7, 11) is 0. The highest BCUT2D eigenvalue weighted by molar-refractivity contribution is 7.13. The summed E-state index contributed by atoms with van der Waals surface area (Å²) in [5.74, 6) is -1.65. The van der Waals surface area contributed by atoms with Crippen molar-refractivity contribution in [2.75, 3.05) is 11.9 Å². The van der Waals surface area contributed by atoms with Crippen molar-refractivity contribution in [3.63, 3.8) is 0 Å². The van der Waals surface area contributed by atoms with Gasteiger partial charge in [-0.3, -0.25) is 15.3 Å². The molecular weight excluding hydrogens is 420 g/mol. The van der Waals surface area contributed by atoms with Crippen molar-refractivity contribution in [3.8, 4) is 0 Å². The van der Waals surface area contributed by atoms with E-state index in [1.165, 1.54) is 5.38 Å². The molecule has 10 heteroatoms. The lowest BCUT2D eigenvalue weighted by Gasteiger charge is -2.18. The first-order valence-electron chi connectivity index (χ1n) is 9.00. The smallest absolute Gasteiger partial charge is 0.347 e. The van der Waals surface area contributed by atoms with Crippen LogP contribution in [0.3, 0.4) is 0 Å². The fourth-order valence-electron chi connectivity index (χ4n) is 2.59. The van der Waals surface area contributed by atoms with Gasteiger partial charge in [0.25, 0.3) is 5.91 Å². The third kappa shape index (κ3) is 5.97. The van der Waals surface area contributed by atoms with Gasteiger partial charge in [-0.25, -0.2) is 9.78 Å². The minimum Gasteiger partial charge on any atom is -0.450 e. The van der Waals surface area contributed by atoms with E-state index in [4.69, 9.17) is 15.3 Å². The van der Waals surface area contributed by atoms with Crippen LogP contribution in [0.4, 0.5) is 5.82 Å². The fourth-order valence-corrected chi connectivity index (χ4v) is 3.32. The average Bonchev–Trinajstić information content (AvgIpc) is 3.24. The second-order valence-electron chi connectivity index (χ2n) is 6.03. The van der Waals surface area contributed by atoms with E-state index in [0.29, 0.717) is 6.41 Å². The molecule has 1 aromatic heterocycles. The summed E-state index contributed by atoms with van der Waals surface area (Å²) in [5, 5.41) is 7.44. The number of esters is 1. The highest BCUT2D eigenvalue weighted by Gasteiger charge is 2.20. The Bertz CT molecular complexity index is 1030. The van der Waals surface area contributed by atoms with Gasteiger partial charge in [0, 0.05) is 5.38 Å². The molecule has 0 saturated heterocycles. The van der Waals surface area contributed by atoms with Gasteiger partial charge in [0.15, 0.2) is 11.1 Å². The van der Waals surface area contributed by atoms with Crippen LogP contribution in [0.2, 0.25) is 0 Å². The van der Waals surface area contributed by atoms with Gasteiger partial charge in [0.2, 0.25) is 18.7 Å². The molecule has 31 heavy (non-hydrogen) atoms. The number of thiazole rings is 1. The molecule has 0 spiro atoms. The minimum atomic E-state index is -1.15. The van der Waals surface area contributed by atoms with E-state index in [1.54, 1.807) is 0 Å². The highest BCUT2D eigenvalue weighted by atomic mass is 32.1. The molecule has 0 atom stereocenters. The van der Waals surface area contributed by atoms with Gasteiger partial charge in [-0.15, -0.1) is 11.3 Å². The van der Waals surface area contributed by atoms with Gasteiger partial charge in [0.1, 0.15) is 5.82 Å².